The number of allylic oxidation sites excluding steroid dienone is 1. The van der Waals surface area contributed by atoms with Crippen LogP contribution in [0.5, 0.6) is 0 Å². The summed E-state index contributed by atoms with van der Waals surface area (Å²) >= 11 is 0. The minimum Gasteiger partial charge on any atom is -0.461 e. The van der Waals surface area contributed by atoms with Crippen LogP contribution >= 0.6 is 0 Å². The summed E-state index contributed by atoms with van der Waals surface area (Å²) in [6, 6.07) is 3.56. The summed E-state index contributed by atoms with van der Waals surface area (Å²) in [5.74, 6) is 3.14. The second kappa shape index (κ2) is 13.1. The first-order valence-electron chi connectivity index (χ1n) is 9.49. The highest BCUT2D eigenvalue weighted by Crippen LogP contribution is 2.20. The SMILES string of the molecule is C=C(COC(C)=O)/C(C#C[Si](CC)(CC)CC)=C/CCCCCC. The van der Waals surface area contributed by atoms with Crippen LogP contribution in [0.4, 0.5) is 0 Å². The van der Waals surface area contributed by atoms with Crippen molar-refractivity contribution in [3.63, 3.8) is 0 Å². The third-order valence-corrected chi connectivity index (χ3v) is 9.45. The van der Waals surface area contributed by atoms with Gasteiger partial charge in [0.2, 0.25) is 0 Å². The molecule has 0 saturated carbocycles. The van der Waals surface area contributed by atoms with E-state index in [9.17, 15) is 4.79 Å². The Labute approximate surface area is 150 Å². The molecule has 0 spiro atoms. The lowest BCUT2D eigenvalue weighted by Crippen LogP contribution is -2.29. The molecular formula is C21H36O2Si. The first-order valence-corrected chi connectivity index (χ1v) is 12.1. The molecule has 0 aliphatic rings. The van der Waals surface area contributed by atoms with Crippen LogP contribution in [0.2, 0.25) is 18.1 Å². The fraction of sp³-hybridized carbons (Fsp3) is 0.667. The summed E-state index contributed by atoms with van der Waals surface area (Å²) < 4.78 is 5.10. The second-order valence-electron chi connectivity index (χ2n) is 6.44. The van der Waals surface area contributed by atoms with Crippen LogP contribution in [0.1, 0.15) is 66.7 Å². The molecule has 0 aromatic carbocycles. The number of unbranched alkanes of at least 4 members (excludes halogenated alkanes) is 4. The van der Waals surface area contributed by atoms with E-state index < -0.39 is 8.07 Å². The number of rotatable bonds is 11. The van der Waals surface area contributed by atoms with Gasteiger partial charge in [-0.2, -0.15) is 0 Å². The lowest BCUT2D eigenvalue weighted by Gasteiger charge is -2.20. The van der Waals surface area contributed by atoms with E-state index in [1.54, 1.807) is 0 Å². The van der Waals surface area contributed by atoms with Gasteiger partial charge in [0.1, 0.15) is 14.7 Å². The molecule has 0 saturated heterocycles. The Hall–Kier alpha value is -1.27. The Morgan fingerprint density at radius 1 is 1.08 bits per heavy atom. The average Bonchev–Trinajstić information content (AvgIpc) is 2.59. The Kier molecular flexibility index (Phi) is 12.4. The molecule has 0 aromatic heterocycles. The molecule has 0 amide bonds. The first kappa shape index (κ1) is 22.7. The molecule has 0 rings (SSSR count). The van der Waals surface area contributed by atoms with Gasteiger partial charge in [-0.25, -0.2) is 0 Å². The van der Waals surface area contributed by atoms with Gasteiger partial charge in [0.15, 0.2) is 0 Å². The van der Waals surface area contributed by atoms with Crippen molar-refractivity contribution in [2.24, 2.45) is 0 Å². The maximum Gasteiger partial charge on any atom is 0.302 e. The second-order valence-corrected chi connectivity index (χ2v) is 11.4. The number of esters is 1. The van der Waals surface area contributed by atoms with Crippen molar-refractivity contribution in [2.75, 3.05) is 6.61 Å². The normalized spacial score (nSPS) is 11.6. The molecule has 24 heavy (non-hydrogen) atoms. The average molecular weight is 349 g/mol. The minimum atomic E-state index is -1.48. The van der Waals surface area contributed by atoms with Crippen LogP contribution in [-0.2, 0) is 9.53 Å². The smallest absolute Gasteiger partial charge is 0.302 e. The number of ether oxygens (including phenoxy) is 1. The van der Waals surface area contributed by atoms with Crippen LogP contribution in [0.25, 0.3) is 0 Å². The van der Waals surface area contributed by atoms with Crippen molar-refractivity contribution >= 4 is 14.0 Å². The fourth-order valence-corrected chi connectivity index (χ4v) is 5.01. The Morgan fingerprint density at radius 2 is 1.71 bits per heavy atom. The molecular weight excluding hydrogens is 312 g/mol. The van der Waals surface area contributed by atoms with Gasteiger partial charge >= 0.3 is 5.97 Å². The Bertz CT molecular complexity index is 468. The first-order chi connectivity index (χ1) is 11.4. The van der Waals surface area contributed by atoms with Crippen LogP contribution in [0.3, 0.4) is 0 Å². The maximum absolute atomic E-state index is 11.0. The Balaban J connectivity index is 5.14. The topological polar surface area (TPSA) is 26.3 Å². The van der Waals surface area contributed by atoms with Gasteiger partial charge in [-0.1, -0.05) is 65.5 Å². The summed E-state index contributed by atoms with van der Waals surface area (Å²) in [6.07, 6.45) is 8.16. The summed E-state index contributed by atoms with van der Waals surface area (Å²) in [6.45, 7) is 14.8. The number of carbonyl (C=O) groups excluding carboxylic acids is 1. The van der Waals surface area contributed by atoms with E-state index in [0.717, 1.165) is 17.6 Å². The van der Waals surface area contributed by atoms with Crippen LogP contribution < -0.4 is 0 Å². The van der Waals surface area contributed by atoms with E-state index in [1.807, 2.05) is 0 Å². The highest BCUT2D eigenvalue weighted by atomic mass is 28.3. The molecule has 0 aliphatic carbocycles. The monoisotopic (exact) mass is 348 g/mol. The van der Waals surface area contributed by atoms with Crippen LogP contribution in [0, 0.1) is 11.5 Å². The predicted molar refractivity (Wildman–Crippen MR) is 108 cm³/mol. The number of carbonyl (C=O) groups is 1. The molecule has 0 fully saturated rings. The van der Waals surface area contributed by atoms with Crippen molar-refractivity contribution in [3.8, 4) is 11.5 Å². The summed E-state index contributed by atoms with van der Waals surface area (Å²) in [5, 5.41) is 0. The molecule has 3 heteroatoms. The largest absolute Gasteiger partial charge is 0.461 e. The molecule has 0 N–H and O–H groups in total. The van der Waals surface area contributed by atoms with E-state index in [0.29, 0.717) is 0 Å². The quantitative estimate of drug-likeness (QED) is 0.149. The van der Waals surface area contributed by atoms with E-state index in [1.165, 1.54) is 50.7 Å². The minimum absolute atomic E-state index is 0.240. The van der Waals surface area contributed by atoms with Gasteiger partial charge in [0.05, 0.1) is 0 Å². The van der Waals surface area contributed by atoms with Gasteiger partial charge < -0.3 is 4.74 Å². The van der Waals surface area contributed by atoms with Crippen molar-refractivity contribution in [1.82, 2.24) is 0 Å². The summed E-state index contributed by atoms with van der Waals surface area (Å²) in [5.41, 5.74) is 5.41. The van der Waals surface area contributed by atoms with Crippen LogP contribution in [0.15, 0.2) is 23.8 Å². The van der Waals surface area contributed by atoms with Gasteiger partial charge in [0.25, 0.3) is 0 Å². The summed E-state index contributed by atoms with van der Waals surface area (Å²) in [7, 11) is -1.48. The van der Waals surface area contributed by atoms with Crippen molar-refractivity contribution in [3.05, 3.63) is 23.8 Å². The number of hydrogen-bond donors (Lipinski definition) is 0. The van der Waals surface area contributed by atoms with E-state index >= 15 is 0 Å². The zero-order valence-electron chi connectivity index (χ0n) is 16.5. The molecule has 0 unspecified atom stereocenters. The van der Waals surface area contributed by atoms with Crippen molar-refractivity contribution in [1.29, 1.82) is 0 Å². The molecule has 0 radical (unpaired) electrons. The Morgan fingerprint density at radius 3 is 2.21 bits per heavy atom. The molecule has 0 heterocycles. The summed E-state index contributed by atoms with van der Waals surface area (Å²) in [4.78, 5) is 11.0. The third kappa shape index (κ3) is 9.13. The van der Waals surface area contributed by atoms with E-state index in [-0.39, 0.29) is 12.6 Å². The standard InChI is InChI=1S/C21H36O2Si/c1-7-11-12-13-14-15-21(19(5)18-23-20(6)22)16-17-24(8-2,9-3)10-4/h15H,5,7-14,18H2,1-4,6H3/b21-15+. The fourth-order valence-electron chi connectivity index (χ4n) is 2.58. The van der Waals surface area contributed by atoms with Crippen LogP contribution in [-0.4, -0.2) is 20.7 Å². The lowest BCUT2D eigenvalue weighted by atomic mass is 10.1. The highest BCUT2D eigenvalue weighted by molar-refractivity contribution is 6.87. The maximum atomic E-state index is 11.0. The highest BCUT2D eigenvalue weighted by Gasteiger charge is 2.24. The predicted octanol–water partition coefficient (Wildman–Crippen LogP) is 6.05. The molecule has 136 valence electrons. The van der Waals surface area contributed by atoms with Crippen molar-refractivity contribution < 1.29 is 9.53 Å². The van der Waals surface area contributed by atoms with Gasteiger partial charge in [-0.3, -0.25) is 4.79 Å². The zero-order chi connectivity index (χ0) is 18.4. The van der Waals surface area contributed by atoms with Gasteiger partial charge in [-0.05, 0) is 36.5 Å². The number of hydrogen-bond acceptors (Lipinski definition) is 2. The molecule has 2 nitrogen and oxygen atoms in total. The molecule has 0 atom stereocenters. The zero-order valence-corrected chi connectivity index (χ0v) is 17.5. The van der Waals surface area contributed by atoms with Gasteiger partial charge in [0, 0.05) is 12.5 Å². The molecule has 0 aromatic rings. The lowest BCUT2D eigenvalue weighted by molar-refractivity contribution is -0.139. The van der Waals surface area contributed by atoms with Gasteiger partial charge in [-0.15, -0.1) is 5.54 Å². The molecule has 0 bridgehead atoms. The van der Waals surface area contributed by atoms with E-state index in [4.69, 9.17) is 4.74 Å². The third-order valence-electron chi connectivity index (χ3n) is 4.73. The van der Waals surface area contributed by atoms with Crippen molar-refractivity contribution in [2.45, 2.75) is 84.9 Å². The van der Waals surface area contributed by atoms with E-state index in [2.05, 4.69) is 51.8 Å². The molecule has 0 aliphatic heterocycles.